The van der Waals surface area contributed by atoms with Gasteiger partial charge in [-0.25, -0.2) is 0 Å². The number of hydrogen-bond donors (Lipinski definition) is 1. The highest BCUT2D eigenvalue weighted by Crippen LogP contribution is 2.18. The van der Waals surface area contributed by atoms with Crippen LogP contribution in [0.25, 0.3) is 0 Å². The van der Waals surface area contributed by atoms with Crippen LogP contribution < -0.4 is 0 Å². The Bertz CT molecular complexity index is 917. The van der Waals surface area contributed by atoms with Gasteiger partial charge in [-0.1, -0.05) is 289 Å². The van der Waals surface area contributed by atoms with Crippen LogP contribution >= 0.6 is 0 Å². The molecule has 0 aromatic heterocycles. The van der Waals surface area contributed by atoms with Crippen LogP contribution in [0.4, 0.5) is 0 Å². The lowest BCUT2D eigenvalue weighted by Crippen LogP contribution is -2.28. The molecule has 0 heterocycles. The molecular weight excluding hydrogens is 777 g/mol. The molecule has 5 nitrogen and oxygen atoms in total. The Balaban J connectivity index is 3.38. The highest BCUT2D eigenvalue weighted by molar-refractivity contribution is 5.70. The maximum Gasteiger partial charge on any atom is 0.306 e. The summed E-state index contributed by atoms with van der Waals surface area (Å²) in [7, 11) is 0. The Morgan fingerprint density at radius 1 is 0.349 bits per heavy atom. The van der Waals surface area contributed by atoms with Crippen molar-refractivity contribution < 1.29 is 24.2 Å². The van der Waals surface area contributed by atoms with Gasteiger partial charge in [0.25, 0.3) is 0 Å². The number of unbranched alkanes of at least 4 members (excludes halogenated alkanes) is 44. The zero-order valence-corrected chi connectivity index (χ0v) is 42.9. The summed E-state index contributed by atoms with van der Waals surface area (Å²) in [5.41, 5.74) is 0. The first-order valence-corrected chi connectivity index (χ1v) is 28.7. The minimum absolute atomic E-state index is 0.0606. The van der Waals surface area contributed by atoms with Crippen molar-refractivity contribution in [2.45, 2.75) is 335 Å². The molecule has 0 bridgehead atoms. The van der Waals surface area contributed by atoms with E-state index in [1.54, 1.807) is 0 Å². The topological polar surface area (TPSA) is 72.8 Å². The average molecular weight is 890 g/mol. The van der Waals surface area contributed by atoms with E-state index in [2.05, 4.69) is 26.0 Å². The highest BCUT2D eigenvalue weighted by atomic mass is 16.6. The number of ether oxygens (including phenoxy) is 2. The summed E-state index contributed by atoms with van der Waals surface area (Å²) in [6.45, 7) is 4.18. The molecule has 1 N–H and O–H groups in total. The Kier molecular flexibility index (Phi) is 53.8. The summed E-state index contributed by atoms with van der Waals surface area (Å²) in [5.74, 6) is -0.576. The van der Waals surface area contributed by atoms with Crippen LogP contribution in [0.1, 0.15) is 328 Å². The Morgan fingerprint density at radius 2 is 0.587 bits per heavy atom. The predicted molar refractivity (Wildman–Crippen MR) is 275 cm³/mol. The molecule has 0 aromatic carbocycles. The lowest BCUT2D eigenvalue weighted by atomic mass is 10.0. The van der Waals surface area contributed by atoms with E-state index in [4.69, 9.17) is 9.47 Å². The maximum absolute atomic E-state index is 12.3. The molecule has 0 spiro atoms. The summed E-state index contributed by atoms with van der Waals surface area (Å²) in [6.07, 6.45) is 67.8. The summed E-state index contributed by atoms with van der Waals surface area (Å²) in [4.78, 5) is 24.5. The van der Waals surface area contributed by atoms with Gasteiger partial charge in [0.1, 0.15) is 6.61 Å². The summed E-state index contributed by atoms with van der Waals surface area (Å²) < 4.78 is 10.7. The fraction of sp³-hybridized carbons (Fsp3) is 0.931. The molecule has 0 radical (unpaired) electrons. The van der Waals surface area contributed by atoms with Crippen LogP contribution in [0.15, 0.2) is 12.2 Å². The number of rotatable bonds is 54. The number of esters is 2. The zero-order valence-electron chi connectivity index (χ0n) is 42.9. The molecule has 1 unspecified atom stereocenters. The Morgan fingerprint density at radius 3 is 0.857 bits per heavy atom. The average Bonchev–Trinajstić information content (AvgIpc) is 3.29. The van der Waals surface area contributed by atoms with E-state index in [1.165, 1.54) is 270 Å². The van der Waals surface area contributed by atoms with E-state index < -0.39 is 6.10 Å². The first-order chi connectivity index (χ1) is 31.1. The molecule has 0 rings (SSSR count). The van der Waals surface area contributed by atoms with Crippen molar-refractivity contribution in [1.82, 2.24) is 0 Å². The third-order valence-corrected chi connectivity index (χ3v) is 13.3. The molecule has 0 saturated heterocycles. The molecule has 0 aliphatic carbocycles. The van der Waals surface area contributed by atoms with Crippen molar-refractivity contribution in [2.75, 3.05) is 13.2 Å². The highest BCUT2D eigenvalue weighted by Gasteiger charge is 2.16. The van der Waals surface area contributed by atoms with Gasteiger partial charge in [0.2, 0.25) is 0 Å². The summed E-state index contributed by atoms with van der Waals surface area (Å²) in [5, 5.41) is 9.63. The Labute approximate surface area is 394 Å². The Hall–Kier alpha value is -1.36. The van der Waals surface area contributed by atoms with E-state index in [0.717, 1.165) is 32.1 Å². The van der Waals surface area contributed by atoms with E-state index >= 15 is 0 Å². The van der Waals surface area contributed by atoms with Crippen molar-refractivity contribution in [3.05, 3.63) is 12.2 Å². The van der Waals surface area contributed by atoms with Crippen LogP contribution in [0.2, 0.25) is 0 Å². The molecule has 0 fully saturated rings. The number of aliphatic hydroxyl groups is 1. The second-order valence-corrected chi connectivity index (χ2v) is 19.7. The summed E-state index contributed by atoms with van der Waals surface area (Å²) >= 11 is 0. The van der Waals surface area contributed by atoms with Gasteiger partial charge in [0.05, 0.1) is 6.61 Å². The van der Waals surface area contributed by atoms with Crippen LogP contribution in [0.5, 0.6) is 0 Å². The fourth-order valence-electron chi connectivity index (χ4n) is 8.97. The largest absolute Gasteiger partial charge is 0.462 e. The quantitative estimate of drug-likeness (QED) is 0.0374. The third kappa shape index (κ3) is 53.1. The number of aliphatic hydroxyl groups excluding tert-OH is 1. The van der Waals surface area contributed by atoms with Crippen LogP contribution in [-0.2, 0) is 19.1 Å². The van der Waals surface area contributed by atoms with Crippen molar-refractivity contribution in [2.24, 2.45) is 0 Å². The van der Waals surface area contributed by atoms with E-state index in [9.17, 15) is 14.7 Å². The maximum atomic E-state index is 12.3. The lowest BCUT2D eigenvalue weighted by molar-refractivity contribution is -0.161. The minimum Gasteiger partial charge on any atom is -0.462 e. The molecule has 0 aromatic rings. The smallest absolute Gasteiger partial charge is 0.306 e. The zero-order chi connectivity index (χ0) is 45.6. The first-order valence-electron chi connectivity index (χ1n) is 28.7. The van der Waals surface area contributed by atoms with Crippen LogP contribution in [0, 0.1) is 0 Å². The molecule has 0 saturated carbocycles. The molecule has 5 heteroatoms. The lowest BCUT2D eigenvalue weighted by Gasteiger charge is -2.15. The third-order valence-electron chi connectivity index (χ3n) is 13.3. The number of carbonyl (C=O) groups is 2. The number of allylic oxidation sites excluding steroid dienone is 2. The van der Waals surface area contributed by atoms with Gasteiger partial charge in [-0.15, -0.1) is 0 Å². The molecule has 0 amide bonds. The van der Waals surface area contributed by atoms with E-state index in [0.29, 0.717) is 12.8 Å². The van der Waals surface area contributed by atoms with Gasteiger partial charge in [0.15, 0.2) is 6.10 Å². The van der Waals surface area contributed by atoms with Gasteiger partial charge in [-0.3, -0.25) is 9.59 Å². The predicted octanol–water partition coefficient (Wildman–Crippen LogP) is 19.1. The standard InChI is InChI=1S/C58H112O5/c1-3-5-7-9-11-13-15-17-19-21-22-23-24-25-26-27-28-29-30-31-32-33-34-35-37-38-40-42-44-46-48-50-52-57(60)62-55-56(54-59)63-58(61)53-51-49-47-45-43-41-39-36-20-18-16-14-12-10-8-6-4-2/h18,20,56,59H,3-17,19,21-55H2,1-2H3/b20-18-. The SMILES string of the molecule is CCCCCCCC/C=C\CCCCCCCCCC(=O)OC(CO)COC(=O)CCCCCCCCCCCCCCCCCCCCCCCCCCCCCCCCCC. The van der Waals surface area contributed by atoms with Crippen molar-refractivity contribution in [3.8, 4) is 0 Å². The summed E-state index contributed by atoms with van der Waals surface area (Å²) in [6, 6.07) is 0. The second-order valence-electron chi connectivity index (χ2n) is 19.7. The second kappa shape index (κ2) is 55.0. The van der Waals surface area contributed by atoms with E-state index in [-0.39, 0.29) is 25.2 Å². The van der Waals surface area contributed by atoms with Gasteiger partial charge in [-0.05, 0) is 38.5 Å². The normalized spacial score (nSPS) is 12.1. The van der Waals surface area contributed by atoms with Crippen LogP contribution in [-0.4, -0.2) is 36.4 Å². The molecule has 63 heavy (non-hydrogen) atoms. The first kappa shape index (κ1) is 61.6. The van der Waals surface area contributed by atoms with Gasteiger partial charge >= 0.3 is 11.9 Å². The van der Waals surface area contributed by atoms with Crippen molar-refractivity contribution in [1.29, 1.82) is 0 Å². The number of hydrogen-bond acceptors (Lipinski definition) is 5. The van der Waals surface area contributed by atoms with Crippen molar-refractivity contribution in [3.63, 3.8) is 0 Å². The molecule has 374 valence electrons. The molecule has 1 atom stereocenters. The van der Waals surface area contributed by atoms with Gasteiger partial charge < -0.3 is 14.6 Å². The molecule has 0 aliphatic heterocycles. The van der Waals surface area contributed by atoms with Gasteiger partial charge in [0, 0.05) is 12.8 Å². The molecule has 0 aliphatic rings. The van der Waals surface area contributed by atoms with Gasteiger partial charge in [-0.2, -0.15) is 0 Å². The molecular formula is C58H112O5. The minimum atomic E-state index is -0.769. The van der Waals surface area contributed by atoms with Crippen LogP contribution in [0.3, 0.4) is 0 Å². The fourth-order valence-corrected chi connectivity index (χ4v) is 8.97. The monoisotopic (exact) mass is 889 g/mol. The number of carbonyl (C=O) groups excluding carboxylic acids is 2. The van der Waals surface area contributed by atoms with Crippen molar-refractivity contribution >= 4 is 11.9 Å². The van der Waals surface area contributed by atoms with E-state index in [1.807, 2.05) is 0 Å².